The van der Waals surface area contributed by atoms with Gasteiger partial charge in [-0.25, -0.2) is 0 Å². The van der Waals surface area contributed by atoms with Crippen molar-refractivity contribution in [2.45, 2.75) is 38.5 Å². The van der Waals surface area contributed by atoms with Crippen LogP contribution in [0.15, 0.2) is 18.2 Å². The van der Waals surface area contributed by atoms with Crippen molar-refractivity contribution >= 4 is 5.91 Å². The van der Waals surface area contributed by atoms with Crippen LogP contribution >= 0.6 is 0 Å². The number of nitrogens with two attached hydrogens (primary N) is 1. The number of phenolic OH excluding ortho intramolecular Hbond substituents is 1. The van der Waals surface area contributed by atoms with Gasteiger partial charge in [-0.2, -0.15) is 0 Å². The van der Waals surface area contributed by atoms with Crippen molar-refractivity contribution in [3.05, 3.63) is 29.3 Å². The van der Waals surface area contributed by atoms with E-state index in [-0.39, 0.29) is 29.8 Å². The summed E-state index contributed by atoms with van der Waals surface area (Å²) in [7, 11) is 0. The summed E-state index contributed by atoms with van der Waals surface area (Å²) in [6, 6.07) is 4.58. The van der Waals surface area contributed by atoms with Gasteiger partial charge >= 0.3 is 0 Å². The second-order valence-corrected chi connectivity index (χ2v) is 4.89. The van der Waals surface area contributed by atoms with E-state index in [1.54, 1.807) is 19.1 Å². The van der Waals surface area contributed by atoms with Gasteiger partial charge in [-0.3, -0.25) is 4.79 Å². The number of hydrogen-bond acceptors (Lipinski definition) is 4. The monoisotopic (exact) mass is 264 g/mol. The Morgan fingerprint density at radius 3 is 2.89 bits per heavy atom. The van der Waals surface area contributed by atoms with Crippen molar-refractivity contribution in [1.82, 2.24) is 5.32 Å². The van der Waals surface area contributed by atoms with Crippen LogP contribution in [0.5, 0.6) is 5.75 Å². The van der Waals surface area contributed by atoms with Gasteiger partial charge in [-0.1, -0.05) is 0 Å². The van der Waals surface area contributed by atoms with Gasteiger partial charge in [0.05, 0.1) is 12.1 Å². The van der Waals surface area contributed by atoms with E-state index < -0.39 is 0 Å². The Bertz CT molecular complexity index is 474. The van der Waals surface area contributed by atoms with E-state index in [2.05, 4.69) is 5.32 Å². The smallest absolute Gasteiger partial charge is 0.251 e. The molecule has 1 saturated carbocycles. The van der Waals surface area contributed by atoms with Crippen molar-refractivity contribution in [1.29, 1.82) is 0 Å². The Hall–Kier alpha value is -1.59. The Morgan fingerprint density at radius 1 is 1.58 bits per heavy atom. The van der Waals surface area contributed by atoms with Crippen molar-refractivity contribution in [3.63, 3.8) is 0 Å². The van der Waals surface area contributed by atoms with Gasteiger partial charge in [0.15, 0.2) is 0 Å². The molecule has 0 spiro atoms. The highest BCUT2D eigenvalue weighted by molar-refractivity contribution is 5.95. The first-order chi connectivity index (χ1) is 9.02. The second kappa shape index (κ2) is 5.59. The lowest BCUT2D eigenvalue weighted by Crippen LogP contribution is -2.64. The molecule has 1 fully saturated rings. The number of amides is 1. The molecule has 0 aliphatic heterocycles. The average molecular weight is 264 g/mol. The Labute approximate surface area is 112 Å². The first-order valence-corrected chi connectivity index (χ1v) is 6.50. The molecule has 4 N–H and O–H groups in total. The van der Waals surface area contributed by atoms with Gasteiger partial charge in [0.25, 0.3) is 5.91 Å². The minimum absolute atomic E-state index is 0.00200. The zero-order chi connectivity index (χ0) is 14.0. The molecule has 3 unspecified atom stereocenters. The molecule has 2 rings (SSSR count). The maximum atomic E-state index is 12.1. The van der Waals surface area contributed by atoms with Crippen LogP contribution in [0, 0.1) is 6.92 Å². The normalized spacial score (nSPS) is 25.7. The van der Waals surface area contributed by atoms with Crippen LogP contribution in [0.25, 0.3) is 0 Å². The third-order valence-electron chi connectivity index (χ3n) is 3.50. The topological polar surface area (TPSA) is 84.6 Å². The van der Waals surface area contributed by atoms with Crippen molar-refractivity contribution < 1.29 is 14.6 Å². The number of phenols is 1. The summed E-state index contributed by atoms with van der Waals surface area (Å²) < 4.78 is 5.51. The lowest BCUT2D eigenvalue weighted by molar-refractivity contribution is -0.0300. The van der Waals surface area contributed by atoms with Crippen molar-refractivity contribution in [2.24, 2.45) is 5.73 Å². The number of carbonyl (C=O) groups excluding carboxylic acids is 1. The Balaban J connectivity index is 2.02. The summed E-state index contributed by atoms with van der Waals surface area (Å²) in [6.07, 6.45) is 0.773. The molecule has 19 heavy (non-hydrogen) atoms. The molecule has 0 bridgehead atoms. The predicted octanol–water partition coefficient (Wildman–Crippen LogP) is 0.935. The third kappa shape index (κ3) is 2.88. The van der Waals surface area contributed by atoms with E-state index in [1.165, 1.54) is 6.07 Å². The quantitative estimate of drug-likeness (QED) is 0.755. The molecule has 1 aromatic carbocycles. The Morgan fingerprint density at radius 2 is 2.32 bits per heavy atom. The number of carbonyl (C=O) groups is 1. The lowest BCUT2D eigenvalue weighted by Gasteiger charge is -2.42. The number of hydrogen-bond donors (Lipinski definition) is 3. The highest BCUT2D eigenvalue weighted by Crippen LogP contribution is 2.23. The summed E-state index contributed by atoms with van der Waals surface area (Å²) in [6.45, 7) is 4.29. The number of ether oxygens (including phenoxy) is 1. The van der Waals surface area contributed by atoms with Crippen LogP contribution in [0.3, 0.4) is 0 Å². The van der Waals surface area contributed by atoms with E-state index >= 15 is 0 Å². The van der Waals surface area contributed by atoms with Crippen molar-refractivity contribution in [3.8, 4) is 5.75 Å². The van der Waals surface area contributed by atoms with Crippen LogP contribution < -0.4 is 11.1 Å². The molecular formula is C14H20N2O3. The molecule has 1 aliphatic rings. The fraction of sp³-hybridized carbons (Fsp3) is 0.500. The first-order valence-electron chi connectivity index (χ1n) is 6.50. The molecule has 5 heteroatoms. The summed E-state index contributed by atoms with van der Waals surface area (Å²) in [4.78, 5) is 12.1. The average Bonchev–Trinajstić information content (AvgIpc) is 2.38. The van der Waals surface area contributed by atoms with E-state index in [4.69, 9.17) is 10.5 Å². The lowest BCUT2D eigenvalue weighted by atomic mass is 9.83. The zero-order valence-corrected chi connectivity index (χ0v) is 11.2. The first kappa shape index (κ1) is 13.8. The number of benzene rings is 1. The van der Waals surface area contributed by atoms with E-state index in [9.17, 15) is 9.90 Å². The maximum Gasteiger partial charge on any atom is 0.251 e. The van der Waals surface area contributed by atoms with Crippen LogP contribution in [-0.4, -0.2) is 35.8 Å². The molecule has 0 aromatic heterocycles. The number of rotatable bonds is 4. The predicted molar refractivity (Wildman–Crippen MR) is 72.1 cm³/mol. The van der Waals surface area contributed by atoms with Crippen LogP contribution in [0.4, 0.5) is 0 Å². The molecule has 0 heterocycles. The van der Waals surface area contributed by atoms with Gasteiger partial charge < -0.3 is 20.9 Å². The minimum atomic E-state index is -0.187. The molecule has 3 atom stereocenters. The largest absolute Gasteiger partial charge is 0.508 e. The van der Waals surface area contributed by atoms with Gasteiger partial charge in [0, 0.05) is 18.2 Å². The fourth-order valence-electron chi connectivity index (χ4n) is 2.26. The fourth-order valence-corrected chi connectivity index (χ4v) is 2.26. The van der Waals surface area contributed by atoms with Gasteiger partial charge in [-0.05, 0) is 44.0 Å². The highest BCUT2D eigenvalue weighted by atomic mass is 16.5. The maximum absolute atomic E-state index is 12.1. The molecule has 0 saturated heterocycles. The second-order valence-electron chi connectivity index (χ2n) is 4.89. The van der Waals surface area contributed by atoms with Crippen LogP contribution in [-0.2, 0) is 4.74 Å². The molecule has 0 radical (unpaired) electrons. The van der Waals surface area contributed by atoms with Gasteiger partial charge in [0.2, 0.25) is 0 Å². The molecule has 1 aliphatic carbocycles. The molecule has 104 valence electrons. The molecule has 1 amide bonds. The number of aryl methyl sites for hydroxylation is 1. The van der Waals surface area contributed by atoms with Crippen LogP contribution in [0.1, 0.15) is 29.3 Å². The van der Waals surface area contributed by atoms with E-state index in [0.717, 1.165) is 6.42 Å². The zero-order valence-electron chi connectivity index (χ0n) is 11.2. The summed E-state index contributed by atoms with van der Waals surface area (Å²) in [5.74, 6) is -0.00274. The molecular weight excluding hydrogens is 244 g/mol. The molecule has 5 nitrogen and oxygen atoms in total. The van der Waals surface area contributed by atoms with Crippen molar-refractivity contribution in [2.75, 3.05) is 6.61 Å². The third-order valence-corrected chi connectivity index (χ3v) is 3.50. The Kier molecular flexibility index (Phi) is 4.07. The van der Waals surface area contributed by atoms with E-state index in [1.807, 2.05) is 6.92 Å². The standard InChI is InChI=1S/C14H20N2O3/c1-3-19-12-7-10(15)13(12)16-14(18)9-4-5-11(17)8(2)6-9/h4-6,10,12-13,17H,3,7,15H2,1-2H3,(H,16,18). The summed E-state index contributed by atoms with van der Waals surface area (Å²) in [5.41, 5.74) is 7.08. The highest BCUT2D eigenvalue weighted by Gasteiger charge is 2.40. The summed E-state index contributed by atoms with van der Waals surface area (Å²) >= 11 is 0. The van der Waals surface area contributed by atoms with Gasteiger partial charge in [0.1, 0.15) is 5.75 Å². The van der Waals surface area contributed by atoms with E-state index in [0.29, 0.717) is 17.7 Å². The van der Waals surface area contributed by atoms with Crippen LogP contribution in [0.2, 0.25) is 0 Å². The SMILES string of the molecule is CCOC1CC(N)C1NC(=O)c1ccc(O)c(C)c1. The number of aromatic hydroxyl groups is 1. The summed E-state index contributed by atoms with van der Waals surface area (Å²) in [5, 5.41) is 12.3. The van der Waals surface area contributed by atoms with Gasteiger partial charge in [-0.15, -0.1) is 0 Å². The minimum Gasteiger partial charge on any atom is -0.508 e. The number of nitrogens with one attached hydrogen (secondary N) is 1. The molecule has 1 aromatic rings.